The molecule has 2 aliphatic heterocycles. The molecule has 0 amide bonds. The highest BCUT2D eigenvalue weighted by molar-refractivity contribution is 7.91. The van der Waals surface area contributed by atoms with Crippen LogP contribution in [0.15, 0.2) is 34.9 Å². The Kier molecular flexibility index (Phi) is 6.43. The second kappa shape index (κ2) is 9.46. The van der Waals surface area contributed by atoms with Gasteiger partial charge in [0.2, 0.25) is 5.82 Å². The summed E-state index contributed by atoms with van der Waals surface area (Å²) < 4.78 is 36.8. The molecule has 1 unspecified atom stereocenters. The van der Waals surface area contributed by atoms with Crippen molar-refractivity contribution in [1.82, 2.24) is 4.90 Å². The van der Waals surface area contributed by atoms with Gasteiger partial charge in [-0.05, 0) is 98.5 Å². The molecule has 7 nitrogen and oxygen atoms in total. The van der Waals surface area contributed by atoms with Gasteiger partial charge >= 0.3 is 16.0 Å². The summed E-state index contributed by atoms with van der Waals surface area (Å²) in [4.78, 5) is 2.48. The van der Waals surface area contributed by atoms with Gasteiger partial charge in [0.15, 0.2) is 0 Å². The molecule has 1 aromatic carbocycles. The van der Waals surface area contributed by atoms with Crippen molar-refractivity contribution in [3.05, 3.63) is 51.6 Å². The second-order valence-electron chi connectivity index (χ2n) is 10.5. The van der Waals surface area contributed by atoms with Gasteiger partial charge in [-0.25, -0.2) is 5.32 Å². The van der Waals surface area contributed by atoms with Crippen LogP contribution in [0.2, 0.25) is 10.0 Å². The van der Waals surface area contributed by atoms with Gasteiger partial charge in [0.1, 0.15) is 5.75 Å². The molecule has 10 heteroatoms. The largest absolute Gasteiger partial charge is 0.493 e. The molecular weight excluding hydrogens is 519 g/mol. The number of fused-ring (bicyclic) bond motifs is 1. The van der Waals surface area contributed by atoms with E-state index in [1.54, 1.807) is 6.07 Å². The highest BCUT2D eigenvalue weighted by Gasteiger charge is 2.41. The lowest BCUT2D eigenvalue weighted by Gasteiger charge is -2.36. The smallest absolute Gasteiger partial charge is 0.370 e. The number of piperidine rings is 1. The molecule has 2 aromatic rings. The third kappa shape index (κ3) is 5.10. The number of hydrogen-bond acceptors (Lipinski definition) is 4. The summed E-state index contributed by atoms with van der Waals surface area (Å²) >= 11 is 12.4. The minimum atomic E-state index is -3.42. The number of likely N-dealkylation sites (tertiary alicyclic amines) is 1. The molecule has 0 spiro atoms. The first-order chi connectivity index (χ1) is 17.3. The Balaban J connectivity index is 1.08. The average molecular weight is 551 g/mol. The van der Waals surface area contributed by atoms with Crippen molar-refractivity contribution in [3.8, 4) is 5.75 Å². The van der Waals surface area contributed by atoms with Crippen LogP contribution in [0.5, 0.6) is 5.75 Å². The lowest BCUT2D eigenvalue weighted by atomic mass is 9.95. The number of halogens is 2. The number of anilines is 1. The predicted molar refractivity (Wildman–Crippen MR) is 142 cm³/mol. The Labute approximate surface area is 222 Å². The van der Waals surface area contributed by atoms with Gasteiger partial charge in [0, 0.05) is 27.7 Å². The van der Waals surface area contributed by atoms with E-state index < -0.39 is 10.0 Å². The van der Waals surface area contributed by atoms with E-state index in [0.29, 0.717) is 47.3 Å². The van der Waals surface area contributed by atoms with E-state index >= 15 is 0 Å². The maximum Gasteiger partial charge on any atom is 0.370 e. The topological polar surface area (TPSA) is 74.9 Å². The highest BCUT2D eigenvalue weighted by Crippen LogP contribution is 2.45. The second-order valence-corrected chi connectivity index (χ2v) is 13.3. The highest BCUT2D eigenvalue weighted by atomic mass is 35.5. The first-order valence-corrected chi connectivity index (χ1v) is 15.1. The number of ether oxygens (including phenoxy) is 1. The number of hydrogen-bond donors (Lipinski definition) is 1. The fourth-order valence-electron chi connectivity index (χ4n) is 5.14. The van der Waals surface area contributed by atoms with E-state index in [0.717, 1.165) is 61.5 Å². The molecule has 6 rings (SSSR count). The lowest BCUT2D eigenvalue weighted by molar-refractivity contribution is -0.558. The Morgan fingerprint density at radius 3 is 2.42 bits per heavy atom. The summed E-state index contributed by atoms with van der Waals surface area (Å²) in [5.74, 6) is 3.10. The monoisotopic (exact) mass is 549 g/mol. The van der Waals surface area contributed by atoms with Crippen molar-refractivity contribution in [1.29, 1.82) is 0 Å². The van der Waals surface area contributed by atoms with E-state index in [1.807, 2.05) is 29.0 Å². The zero-order valence-corrected chi connectivity index (χ0v) is 22.6. The summed E-state index contributed by atoms with van der Waals surface area (Å²) in [7, 11) is -3.42. The number of nitrogens with one attached hydrogen (secondary N) is 1. The summed E-state index contributed by atoms with van der Waals surface area (Å²) in [5.41, 5.74) is 2.30. The molecule has 1 aromatic heterocycles. The molecule has 1 N–H and O–H groups in total. The third-order valence-corrected chi connectivity index (χ3v) is 9.94. The summed E-state index contributed by atoms with van der Waals surface area (Å²) in [6, 6.07) is 8.03. The fourth-order valence-corrected chi connectivity index (χ4v) is 6.94. The van der Waals surface area contributed by atoms with Gasteiger partial charge in [0.25, 0.3) is 0 Å². The summed E-state index contributed by atoms with van der Waals surface area (Å²) in [5, 5.41) is 4.14. The average Bonchev–Trinajstić information content (AvgIpc) is 3.73. The Morgan fingerprint density at radius 2 is 1.78 bits per heavy atom. The third-order valence-electron chi connectivity index (χ3n) is 7.76. The number of aromatic nitrogens is 1. The molecule has 0 radical (unpaired) electrons. The minimum Gasteiger partial charge on any atom is -0.493 e. The quantitative estimate of drug-likeness (QED) is 0.462. The van der Waals surface area contributed by atoms with Gasteiger partial charge in [-0.1, -0.05) is 23.2 Å². The van der Waals surface area contributed by atoms with E-state index in [4.69, 9.17) is 27.9 Å². The van der Waals surface area contributed by atoms with Crippen molar-refractivity contribution in [2.75, 3.05) is 25.0 Å². The SMILES string of the molecule is CC(c1cc(Cl)cc(Cl)c1)N1CCC(COc2cc3[n+](cc2C2CC2)C(=NS(=O)(=O)C2CC2)N3)CC1. The van der Waals surface area contributed by atoms with Gasteiger partial charge in [-0.2, -0.15) is 13.0 Å². The van der Waals surface area contributed by atoms with Crippen LogP contribution in [0.1, 0.15) is 68.5 Å². The number of rotatable bonds is 8. The number of nitrogens with zero attached hydrogens (tertiary/aromatic N) is 3. The van der Waals surface area contributed by atoms with Gasteiger partial charge in [0.05, 0.1) is 18.1 Å². The van der Waals surface area contributed by atoms with Crippen LogP contribution in [0.4, 0.5) is 5.82 Å². The summed E-state index contributed by atoms with van der Waals surface area (Å²) in [6.07, 6.45) is 7.86. The molecule has 2 aliphatic carbocycles. The Morgan fingerprint density at radius 1 is 1.08 bits per heavy atom. The zero-order chi connectivity index (χ0) is 25.0. The van der Waals surface area contributed by atoms with Crippen molar-refractivity contribution in [2.24, 2.45) is 10.3 Å². The fraction of sp³-hybridized carbons (Fsp3) is 0.538. The Hall–Kier alpha value is -1.87. The standard InChI is InChI=1S/C26H30Cl2N4O3S/c1-16(19-10-20(27)12-21(28)11-19)31-8-6-17(7-9-31)15-35-24-13-25-29-26(30-36(33,34)22-4-5-22)32(25)14-23(24)18-2-3-18/h10-14,16-18,22H,2-9,15H2,1H3/p+1. The maximum absolute atomic E-state index is 12.3. The van der Waals surface area contributed by atoms with E-state index in [9.17, 15) is 8.42 Å². The number of sulfonamides is 1. The molecule has 2 saturated carbocycles. The van der Waals surface area contributed by atoms with Crippen LogP contribution in [-0.4, -0.2) is 44.2 Å². The predicted octanol–water partition coefficient (Wildman–Crippen LogP) is 5.13. The van der Waals surface area contributed by atoms with Crippen LogP contribution in [0.3, 0.4) is 0 Å². The molecule has 0 bridgehead atoms. The van der Waals surface area contributed by atoms with Gasteiger partial charge in [-0.15, -0.1) is 0 Å². The van der Waals surface area contributed by atoms with Crippen molar-refractivity contribution in [2.45, 2.75) is 62.7 Å². The molecule has 3 fully saturated rings. The molecule has 1 saturated heterocycles. The summed E-state index contributed by atoms with van der Waals surface area (Å²) in [6.45, 7) is 4.91. The molecule has 36 heavy (non-hydrogen) atoms. The number of benzene rings is 1. The molecule has 4 aliphatic rings. The van der Waals surface area contributed by atoms with E-state index in [-0.39, 0.29) is 11.3 Å². The van der Waals surface area contributed by atoms with Crippen molar-refractivity contribution < 1.29 is 17.7 Å². The first kappa shape index (κ1) is 24.5. The number of pyridine rings is 1. The van der Waals surface area contributed by atoms with Crippen molar-refractivity contribution in [3.63, 3.8) is 0 Å². The van der Waals surface area contributed by atoms with Gasteiger partial charge < -0.3 is 4.74 Å². The van der Waals surface area contributed by atoms with Crippen LogP contribution < -0.4 is 14.6 Å². The minimum absolute atomic E-state index is 0.264. The first-order valence-electron chi connectivity index (χ1n) is 12.8. The molecule has 1 atom stereocenters. The van der Waals surface area contributed by atoms with E-state index in [1.165, 1.54) is 0 Å². The zero-order valence-electron chi connectivity index (χ0n) is 20.3. The maximum atomic E-state index is 12.3. The van der Waals surface area contributed by atoms with Crippen LogP contribution in [-0.2, 0) is 10.0 Å². The Bertz CT molecular complexity index is 1300. The normalized spacial score (nSPS) is 22.6. The molecule has 192 valence electrons. The van der Waals surface area contributed by atoms with Crippen LogP contribution >= 0.6 is 23.2 Å². The molecular formula is C26H31Cl2N4O3S+. The van der Waals surface area contributed by atoms with Crippen LogP contribution in [0.25, 0.3) is 0 Å². The van der Waals surface area contributed by atoms with E-state index in [2.05, 4.69) is 21.5 Å². The lowest BCUT2D eigenvalue weighted by Crippen LogP contribution is -2.60. The van der Waals surface area contributed by atoms with Crippen molar-refractivity contribution >= 4 is 45.0 Å². The molecule has 3 heterocycles. The van der Waals surface area contributed by atoms with Gasteiger partial charge in [-0.3, -0.25) is 4.90 Å². The van der Waals surface area contributed by atoms with Crippen LogP contribution in [0, 0.1) is 5.92 Å².